The molecule has 1 aromatic heterocycles. The number of Topliss-reactive ketones (excluding diaryl/α,β-unsaturated/α-hetero) is 1. The third-order valence-electron chi connectivity index (χ3n) is 4.08. The average molecular weight is 372 g/mol. The maximum Gasteiger partial charge on any atom is 0.416 e. The molecule has 3 aromatic rings. The first kappa shape index (κ1) is 18.5. The van der Waals surface area contributed by atoms with Crippen molar-refractivity contribution >= 4 is 16.7 Å². The molecule has 3 rings (SSSR count). The lowest BCUT2D eigenvalue weighted by Crippen LogP contribution is -2.12. The largest absolute Gasteiger partial charge is 0.485 e. The minimum absolute atomic E-state index is 0.0219. The zero-order valence-electron chi connectivity index (χ0n) is 14.2. The first-order valence-electron chi connectivity index (χ1n) is 8.18. The molecule has 0 aliphatic heterocycles. The molecule has 0 radical (unpaired) electrons. The van der Waals surface area contributed by atoms with Crippen LogP contribution in [0.1, 0.15) is 22.3 Å². The Kier molecular flexibility index (Phi) is 5.17. The predicted molar refractivity (Wildman–Crippen MR) is 93.4 cm³/mol. The van der Waals surface area contributed by atoms with Gasteiger partial charge in [-0.25, -0.2) is 0 Å². The molecule has 0 N–H and O–H groups in total. The van der Waals surface area contributed by atoms with Crippen LogP contribution in [0.5, 0.6) is 5.75 Å². The van der Waals surface area contributed by atoms with Gasteiger partial charge in [-0.1, -0.05) is 24.3 Å². The summed E-state index contributed by atoms with van der Waals surface area (Å²) >= 11 is 0. The molecular weight excluding hydrogens is 357 g/mol. The number of fused-ring (bicyclic) bond motifs is 1. The Morgan fingerprint density at radius 3 is 2.67 bits per heavy atom. The maximum absolute atomic E-state index is 12.8. The molecule has 0 spiro atoms. The second-order valence-corrected chi connectivity index (χ2v) is 5.90. The summed E-state index contributed by atoms with van der Waals surface area (Å²) < 4.78 is 45.4. The van der Waals surface area contributed by atoms with Crippen LogP contribution in [0.15, 0.2) is 54.7 Å². The van der Waals surface area contributed by atoms with Gasteiger partial charge in [0.15, 0.2) is 6.61 Å². The van der Waals surface area contributed by atoms with Crippen molar-refractivity contribution in [1.82, 2.24) is 4.57 Å². The number of nitriles is 1. The third kappa shape index (κ3) is 4.11. The molecule has 1 heterocycles. The SMILES string of the molecule is N#CCCn1cc(C(=O)COc2cccc(C(F)(F)F)c2)c2ccccc21. The molecule has 7 heteroatoms. The van der Waals surface area contributed by atoms with Crippen LogP contribution < -0.4 is 4.74 Å². The lowest BCUT2D eigenvalue weighted by molar-refractivity contribution is -0.137. The summed E-state index contributed by atoms with van der Waals surface area (Å²) in [4.78, 5) is 12.6. The van der Waals surface area contributed by atoms with E-state index in [0.29, 0.717) is 23.9 Å². The topological polar surface area (TPSA) is 55.0 Å². The third-order valence-corrected chi connectivity index (χ3v) is 4.08. The minimum Gasteiger partial charge on any atom is -0.485 e. The molecular formula is C20H15F3N2O2. The molecule has 138 valence electrons. The number of rotatable bonds is 6. The van der Waals surface area contributed by atoms with Crippen LogP contribution >= 0.6 is 0 Å². The van der Waals surface area contributed by atoms with Crippen molar-refractivity contribution in [3.63, 3.8) is 0 Å². The minimum atomic E-state index is -4.47. The van der Waals surface area contributed by atoms with Gasteiger partial charge >= 0.3 is 6.18 Å². The summed E-state index contributed by atoms with van der Waals surface area (Å²) in [6.45, 7) is 0.0619. The number of carbonyl (C=O) groups excluding carboxylic acids is 1. The summed E-state index contributed by atoms with van der Waals surface area (Å²) in [5.41, 5.74) is 0.395. The Hall–Kier alpha value is -3.27. The molecule has 2 aromatic carbocycles. The van der Waals surface area contributed by atoms with E-state index >= 15 is 0 Å². The summed E-state index contributed by atoms with van der Waals surface area (Å²) in [6.07, 6.45) is -2.52. The van der Waals surface area contributed by atoms with E-state index in [-0.39, 0.29) is 18.1 Å². The number of alkyl halides is 3. The molecule has 0 amide bonds. The second kappa shape index (κ2) is 7.54. The van der Waals surface area contributed by atoms with E-state index in [1.807, 2.05) is 16.7 Å². The van der Waals surface area contributed by atoms with Gasteiger partial charge in [0.05, 0.1) is 18.1 Å². The van der Waals surface area contributed by atoms with Crippen LogP contribution in [0, 0.1) is 11.3 Å². The van der Waals surface area contributed by atoms with Crippen LogP contribution in [-0.2, 0) is 12.7 Å². The van der Waals surface area contributed by atoms with Crippen LogP contribution in [-0.4, -0.2) is 17.0 Å². The van der Waals surface area contributed by atoms with E-state index in [2.05, 4.69) is 6.07 Å². The summed E-state index contributed by atoms with van der Waals surface area (Å²) in [7, 11) is 0. The number of benzene rings is 2. The van der Waals surface area contributed by atoms with Crippen molar-refractivity contribution in [3.8, 4) is 11.8 Å². The number of carbonyl (C=O) groups is 1. The monoisotopic (exact) mass is 372 g/mol. The molecule has 0 fully saturated rings. The van der Waals surface area contributed by atoms with Gasteiger partial charge in [0, 0.05) is 29.2 Å². The van der Waals surface area contributed by atoms with Gasteiger partial charge in [-0.05, 0) is 24.3 Å². The maximum atomic E-state index is 12.8. The van der Waals surface area contributed by atoms with Crippen LogP contribution in [0.3, 0.4) is 0 Å². The normalized spacial score (nSPS) is 11.3. The first-order chi connectivity index (χ1) is 12.9. The lowest BCUT2D eigenvalue weighted by atomic mass is 10.1. The van der Waals surface area contributed by atoms with Crippen molar-refractivity contribution in [2.75, 3.05) is 6.61 Å². The number of hydrogen-bond acceptors (Lipinski definition) is 3. The van der Waals surface area contributed by atoms with Crippen molar-refractivity contribution in [2.24, 2.45) is 0 Å². The molecule has 4 nitrogen and oxygen atoms in total. The molecule has 0 aliphatic carbocycles. The number of aryl methyl sites for hydroxylation is 1. The highest BCUT2D eigenvalue weighted by atomic mass is 19.4. The van der Waals surface area contributed by atoms with Gasteiger partial charge in [0.2, 0.25) is 5.78 Å². The first-order valence-corrected chi connectivity index (χ1v) is 8.18. The van der Waals surface area contributed by atoms with Gasteiger partial charge in [-0.3, -0.25) is 4.79 Å². The Morgan fingerprint density at radius 2 is 1.93 bits per heavy atom. The zero-order chi connectivity index (χ0) is 19.4. The number of para-hydroxylation sites is 1. The number of ether oxygens (including phenoxy) is 1. The van der Waals surface area contributed by atoms with E-state index in [1.165, 1.54) is 12.1 Å². The molecule has 0 unspecified atom stereocenters. The number of aromatic nitrogens is 1. The van der Waals surface area contributed by atoms with Crippen molar-refractivity contribution in [3.05, 3.63) is 65.9 Å². The number of hydrogen-bond donors (Lipinski definition) is 0. The standard InChI is InChI=1S/C20H15F3N2O2/c21-20(22,23)14-5-3-6-15(11-14)27-13-19(26)17-12-25(10-4-9-24)18-8-2-1-7-16(17)18/h1-3,5-8,11-12H,4,10,13H2. The smallest absolute Gasteiger partial charge is 0.416 e. The Labute approximate surface area is 153 Å². The van der Waals surface area contributed by atoms with Crippen molar-refractivity contribution < 1.29 is 22.7 Å². The fraction of sp³-hybridized carbons (Fsp3) is 0.200. The Morgan fingerprint density at radius 1 is 1.15 bits per heavy atom. The van der Waals surface area contributed by atoms with Gasteiger partial charge in [-0.2, -0.15) is 18.4 Å². The molecule has 0 saturated carbocycles. The molecule has 0 bridgehead atoms. The Bertz CT molecular complexity index is 1020. The molecule has 0 aliphatic rings. The Balaban J connectivity index is 1.80. The summed E-state index contributed by atoms with van der Waals surface area (Å²) in [5, 5.41) is 9.49. The van der Waals surface area contributed by atoms with Crippen LogP contribution in [0.4, 0.5) is 13.2 Å². The van der Waals surface area contributed by atoms with E-state index in [0.717, 1.165) is 17.6 Å². The summed E-state index contributed by atoms with van der Waals surface area (Å²) in [5.74, 6) is -0.370. The fourth-order valence-corrected chi connectivity index (χ4v) is 2.81. The van der Waals surface area contributed by atoms with E-state index in [9.17, 15) is 18.0 Å². The number of ketones is 1. The van der Waals surface area contributed by atoms with Gasteiger partial charge < -0.3 is 9.30 Å². The van der Waals surface area contributed by atoms with Crippen LogP contribution in [0.2, 0.25) is 0 Å². The summed E-state index contributed by atoms with van der Waals surface area (Å²) in [6, 6.07) is 13.7. The average Bonchev–Trinajstić information content (AvgIpc) is 3.03. The van der Waals surface area contributed by atoms with Crippen molar-refractivity contribution in [1.29, 1.82) is 5.26 Å². The van der Waals surface area contributed by atoms with E-state index in [4.69, 9.17) is 10.00 Å². The van der Waals surface area contributed by atoms with Gasteiger partial charge in [0.1, 0.15) is 5.75 Å². The lowest BCUT2D eigenvalue weighted by Gasteiger charge is -2.09. The predicted octanol–water partition coefficient (Wildman–Crippen LogP) is 4.84. The highest BCUT2D eigenvalue weighted by molar-refractivity contribution is 6.08. The van der Waals surface area contributed by atoms with Crippen molar-refractivity contribution in [2.45, 2.75) is 19.1 Å². The quantitative estimate of drug-likeness (QED) is 0.582. The van der Waals surface area contributed by atoms with E-state index < -0.39 is 11.7 Å². The zero-order valence-corrected chi connectivity index (χ0v) is 14.2. The highest BCUT2D eigenvalue weighted by Gasteiger charge is 2.30. The number of halogens is 3. The number of nitrogens with zero attached hydrogens (tertiary/aromatic N) is 2. The molecule has 27 heavy (non-hydrogen) atoms. The van der Waals surface area contributed by atoms with Crippen LogP contribution in [0.25, 0.3) is 10.9 Å². The van der Waals surface area contributed by atoms with Gasteiger partial charge in [-0.15, -0.1) is 0 Å². The second-order valence-electron chi connectivity index (χ2n) is 5.90. The highest BCUT2D eigenvalue weighted by Crippen LogP contribution is 2.31. The molecule has 0 atom stereocenters. The van der Waals surface area contributed by atoms with E-state index in [1.54, 1.807) is 18.3 Å². The van der Waals surface area contributed by atoms with Gasteiger partial charge in [0.25, 0.3) is 0 Å². The fourth-order valence-electron chi connectivity index (χ4n) is 2.81. The molecule has 0 saturated heterocycles.